The summed E-state index contributed by atoms with van der Waals surface area (Å²) in [4.78, 5) is 12.6. The predicted octanol–water partition coefficient (Wildman–Crippen LogP) is 3.13. The molecule has 1 aliphatic carbocycles. The van der Waals surface area contributed by atoms with Crippen LogP contribution in [-0.4, -0.2) is 12.9 Å². The molecule has 0 saturated heterocycles. The van der Waals surface area contributed by atoms with Crippen LogP contribution in [0.4, 0.5) is 0 Å². The van der Waals surface area contributed by atoms with Crippen molar-refractivity contribution in [3.63, 3.8) is 0 Å². The molecule has 1 aromatic rings. The number of Topliss-reactive ketones (excluding diaryl/α,β-unsaturated/α-hetero) is 1. The molecule has 1 heterocycles. The quantitative estimate of drug-likeness (QED) is 0.903. The zero-order valence-corrected chi connectivity index (χ0v) is 14.1. The zero-order chi connectivity index (χ0) is 17.4. The van der Waals surface area contributed by atoms with E-state index in [0.29, 0.717) is 29.7 Å². The maximum atomic E-state index is 12.6. The number of rotatable bonds is 2. The van der Waals surface area contributed by atoms with Crippen molar-refractivity contribution in [2.75, 3.05) is 7.11 Å². The average molecular weight is 324 g/mol. The van der Waals surface area contributed by atoms with Crippen LogP contribution in [0.25, 0.3) is 0 Å². The number of ether oxygens (including phenoxy) is 2. The Bertz CT molecular complexity index is 828. The number of hydrogen-bond acceptors (Lipinski definition) is 5. The molecule has 5 nitrogen and oxygen atoms in total. The fourth-order valence-corrected chi connectivity index (χ4v) is 3.51. The van der Waals surface area contributed by atoms with Gasteiger partial charge in [-0.25, -0.2) is 0 Å². The first-order chi connectivity index (χ1) is 11.5. The summed E-state index contributed by atoms with van der Waals surface area (Å²) >= 11 is 0. The lowest BCUT2D eigenvalue weighted by Gasteiger charge is -2.32. The maximum Gasteiger partial charge on any atom is 0.205 e. The fourth-order valence-electron chi connectivity index (χ4n) is 3.51. The molecule has 1 atom stereocenters. The normalized spacial score (nSPS) is 20.4. The van der Waals surface area contributed by atoms with Crippen LogP contribution in [0.3, 0.4) is 0 Å². The van der Waals surface area contributed by atoms with Gasteiger partial charge in [0.05, 0.1) is 13.0 Å². The molecule has 0 unspecified atom stereocenters. The summed E-state index contributed by atoms with van der Waals surface area (Å²) in [6.07, 6.45) is 1.90. The largest absolute Gasteiger partial charge is 0.496 e. The van der Waals surface area contributed by atoms with Crippen molar-refractivity contribution >= 4 is 5.78 Å². The van der Waals surface area contributed by atoms with E-state index in [1.807, 2.05) is 26.0 Å². The second kappa shape index (κ2) is 6.04. The number of aryl methyl sites for hydroxylation is 2. The molecule has 1 aromatic carbocycles. The third-order valence-corrected chi connectivity index (χ3v) is 4.70. The first-order valence-corrected chi connectivity index (χ1v) is 7.96. The number of allylic oxidation sites excluding steroid dienone is 3. The Labute approximate surface area is 141 Å². The molecule has 0 saturated carbocycles. The van der Waals surface area contributed by atoms with Crippen molar-refractivity contribution in [1.29, 1.82) is 5.26 Å². The minimum absolute atomic E-state index is 0.0365. The van der Waals surface area contributed by atoms with Crippen LogP contribution < -0.4 is 10.5 Å². The second-order valence-electron chi connectivity index (χ2n) is 6.22. The molecular weight excluding hydrogens is 304 g/mol. The van der Waals surface area contributed by atoms with Crippen molar-refractivity contribution < 1.29 is 14.3 Å². The van der Waals surface area contributed by atoms with Crippen LogP contribution in [0.5, 0.6) is 5.75 Å². The van der Waals surface area contributed by atoms with Crippen LogP contribution in [0.1, 0.15) is 41.9 Å². The lowest BCUT2D eigenvalue weighted by atomic mass is 9.76. The van der Waals surface area contributed by atoms with Gasteiger partial charge < -0.3 is 15.2 Å². The lowest BCUT2D eigenvalue weighted by Crippen LogP contribution is -2.27. The minimum atomic E-state index is -0.462. The third-order valence-electron chi connectivity index (χ3n) is 4.70. The molecule has 5 heteroatoms. The summed E-state index contributed by atoms with van der Waals surface area (Å²) in [5, 5.41) is 9.60. The van der Waals surface area contributed by atoms with Crippen LogP contribution >= 0.6 is 0 Å². The number of carbonyl (C=O) groups is 1. The van der Waals surface area contributed by atoms with Crippen LogP contribution in [0.2, 0.25) is 0 Å². The van der Waals surface area contributed by atoms with E-state index >= 15 is 0 Å². The molecular formula is C19H20N2O3. The smallest absolute Gasteiger partial charge is 0.205 e. The summed E-state index contributed by atoms with van der Waals surface area (Å²) in [5.74, 6) is 1.07. The summed E-state index contributed by atoms with van der Waals surface area (Å²) < 4.78 is 11.0. The Kier molecular flexibility index (Phi) is 4.06. The molecule has 24 heavy (non-hydrogen) atoms. The number of nitriles is 1. The van der Waals surface area contributed by atoms with Crippen LogP contribution in [0.15, 0.2) is 34.9 Å². The van der Waals surface area contributed by atoms with E-state index in [4.69, 9.17) is 15.2 Å². The Hall–Kier alpha value is -2.74. The van der Waals surface area contributed by atoms with E-state index in [-0.39, 0.29) is 11.7 Å². The highest BCUT2D eigenvalue weighted by atomic mass is 16.5. The molecule has 0 spiro atoms. The van der Waals surface area contributed by atoms with E-state index in [1.165, 1.54) is 0 Å². The Balaban J connectivity index is 2.24. The average Bonchev–Trinajstić information content (AvgIpc) is 2.55. The SMILES string of the molecule is COc1cc(C)c([C@H]2C(C#N)=C(N)OC3=C2C(=O)CCC3)cc1C. The molecule has 0 bridgehead atoms. The summed E-state index contributed by atoms with van der Waals surface area (Å²) in [5.41, 5.74) is 9.67. The summed E-state index contributed by atoms with van der Waals surface area (Å²) in [6, 6.07) is 6.05. The highest BCUT2D eigenvalue weighted by Gasteiger charge is 2.38. The van der Waals surface area contributed by atoms with Gasteiger partial charge in [0, 0.05) is 18.4 Å². The van der Waals surface area contributed by atoms with Gasteiger partial charge in [-0.1, -0.05) is 6.07 Å². The molecule has 0 aromatic heterocycles. The van der Waals surface area contributed by atoms with Crippen molar-refractivity contribution in [1.82, 2.24) is 0 Å². The van der Waals surface area contributed by atoms with Gasteiger partial charge >= 0.3 is 0 Å². The van der Waals surface area contributed by atoms with Crippen molar-refractivity contribution in [2.45, 2.75) is 39.0 Å². The molecule has 124 valence electrons. The number of ketones is 1. The van der Waals surface area contributed by atoms with Gasteiger partial charge in [-0.05, 0) is 43.0 Å². The van der Waals surface area contributed by atoms with Gasteiger partial charge in [0.2, 0.25) is 5.88 Å². The van der Waals surface area contributed by atoms with Gasteiger partial charge in [-0.15, -0.1) is 0 Å². The van der Waals surface area contributed by atoms with E-state index in [0.717, 1.165) is 28.9 Å². The topological polar surface area (TPSA) is 85.3 Å². The number of methoxy groups -OCH3 is 1. The number of nitrogens with zero attached hydrogens (tertiary/aromatic N) is 1. The Morgan fingerprint density at radius 1 is 1.29 bits per heavy atom. The summed E-state index contributed by atoms with van der Waals surface area (Å²) in [7, 11) is 1.62. The summed E-state index contributed by atoms with van der Waals surface area (Å²) in [6.45, 7) is 3.89. The Morgan fingerprint density at radius 3 is 2.71 bits per heavy atom. The monoisotopic (exact) mass is 324 g/mol. The van der Waals surface area contributed by atoms with E-state index in [1.54, 1.807) is 7.11 Å². The number of benzene rings is 1. The lowest BCUT2D eigenvalue weighted by molar-refractivity contribution is -0.116. The molecule has 0 fully saturated rings. The molecule has 0 radical (unpaired) electrons. The standard InChI is InChI=1S/C19H20N2O3/c1-10-8-16(23-3)11(2)7-12(10)17-13(9-20)19(21)24-15-6-4-5-14(22)18(15)17/h7-8,17H,4-6,21H2,1-3H3/t17-/m0/s1. The number of hydrogen-bond donors (Lipinski definition) is 1. The fraction of sp³-hybridized carbons (Fsp3) is 0.368. The van der Waals surface area contributed by atoms with E-state index in [9.17, 15) is 10.1 Å². The second-order valence-corrected chi connectivity index (χ2v) is 6.22. The van der Waals surface area contributed by atoms with Crippen LogP contribution in [0, 0.1) is 25.2 Å². The predicted molar refractivity (Wildman–Crippen MR) is 89.0 cm³/mol. The highest BCUT2D eigenvalue weighted by molar-refractivity contribution is 5.99. The molecule has 0 amide bonds. The van der Waals surface area contributed by atoms with Crippen LogP contribution in [-0.2, 0) is 9.53 Å². The number of nitrogens with two attached hydrogens (primary N) is 1. The van der Waals surface area contributed by atoms with Gasteiger partial charge in [0.25, 0.3) is 0 Å². The number of carbonyl (C=O) groups excluding carboxylic acids is 1. The zero-order valence-electron chi connectivity index (χ0n) is 14.1. The van der Waals surface area contributed by atoms with Crippen molar-refractivity contribution in [2.24, 2.45) is 5.73 Å². The van der Waals surface area contributed by atoms with Crippen molar-refractivity contribution in [3.05, 3.63) is 51.6 Å². The first-order valence-electron chi connectivity index (χ1n) is 7.96. The first kappa shape index (κ1) is 16.1. The van der Waals surface area contributed by atoms with Gasteiger partial charge in [-0.3, -0.25) is 4.79 Å². The molecule has 2 aliphatic rings. The van der Waals surface area contributed by atoms with E-state index in [2.05, 4.69) is 6.07 Å². The highest BCUT2D eigenvalue weighted by Crippen LogP contribution is 2.45. The van der Waals surface area contributed by atoms with Gasteiger partial charge in [0.1, 0.15) is 23.2 Å². The Morgan fingerprint density at radius 2 is 2.04 bits per heavy atom. The molecule has 1 aliphatic heterocycles. The minimum Gasteiger partial charge on any atom is -0.496 e. The van der Waals surface area contributed by atoms with Gasteiger partial charge in [0.15, 0.2) is 5.78 Å². The van der Waals surface area contributed by atoms with Gasteiger partial charge in [-0.2, -0.15) is 5.26 Å². The molecule has 2 N–H and O–H groups in total. The third kappa shape index (κ3) is 2.44. The molecule has 3 rings (SSSR count). The maximum absolute atomic E-state index is 12.6. The van der Waals surface area contributed by atoms with E-state index < -0.39 is 5.92 Å². The van der Waals surface area contributed by atoms with Crippen molar-refractivity contribution in [3.8, 4) is 11.8 Å².